The van der Waals surface area contributed by atoms with Crippen LogP contribution >= 0.6 is 0 Å². The standard InChI is InChI=1S/C14H12FNO/c1-10-6-5-9-12(15)13(10)16-14(17)11-7-3-2-4-8-11/h2-9H,1H3,(H,16,17). The van der Waals surface area contributed by atoms with Crippen LogP contribution < -0.4 is 5.32 Å². The molecular weight excluding hydrogens is 217 g/mol. The molecule has 0 aliphatic rings. The van der Waals surface area contributed by atoms with Gasteiger partial charge in [0.1, 0.15) is 5.82 Å². The molecule has 0 heterocycles. The molecule has 0 aromatic heterocycles. The van der Waals surface area contributed by atoms with Crippen molar-refractivity contribution >= 4 is 11.6 Å². The minimum Gasteiger partial charge on any atom is -0.319 e. The molecule has 1 N–H and O–H groups in total. The topological polar surface area (TPSA) is 29.1 Å². The Morgan fingerprint density at radius 1 is 1.06 bits per heavy atom. The number of aryl methyl sites for hydroxylation is 1. The van der Waals surface area contributed by atoms with E-state index in [0.29, 0.717) is 11.1 Å². The summed E-state index contributed by atoms with van der Waals surface area (Å²) in [6.45, 7) is 1.75. The van der Waals surface area contributed by atoms with Crippen molar-refractivity contribution in [1.82, 2.24) is 0 Å². The third kappa shape index (κ3) is 2.50. The second-order valence-corrected chi connectivity index (χ2v) is 3.75. The zero-order valence-electron chi connectivity index (χ0n) is 9.41. The molecule has 0 spiro atoms. The fraction of sp³-hybridized carbons (Fsp3) is 0.0714. The van der Waals surface area contributed by atoms with Gasteiger partial charge in [-0.05, 0) is 30.7 Å². The summed E-state index contributed by atoms with van der Waals surface area (Å²) >= 11 is 0. The van der Waals surface area contributed by atoms with Gasteiger partial charge in [0.15, 0.2) is 0 Å². The molecule has 3 heteroatoms. The maximum Gasteiger partial charge on any atom is 0.255 e. The Morgan fingerprint density at radius 2 is 1.76 bits per heavy atom. The molecule has 86 valence electrons. The Morgan fingerprint density at radius 3 is 2.41 bits per heavy atom. The van der Waals surface area contributed by atoms with Gasteiger partial charge in [-0.3, -0.25) is 4.79 Å². The highest BCUT2D eigenvalue weighted by Crippen LogP contribution is 2.19. The van der Waals surface area contributed by atoms with Gasteiger partial charge in [-0.15, -0.1) is 0 Å². The molecule has 0 aliphatic carbocycles. The summed E-state index contributed by atoms with van der Waals surface area (Å²) in [4.78, 5) is 11.8. The van der Waals surface area contributed by atoms with Crippen LogP contribution in [0.4, 0.5) is 10.1 Å². The maximum atomic E-state index is 13.5. The highest BCUT2D eigenvalue weighted by Gasteiger charge is 2.10. The zero-order chi connectivity index (χ0) is 12.3. The quantitative estimate of drug-likeness (QED) is 0.840. The molecule has 17 heavy (non-hydrogen) atoms. The molecule has 0 atom stereocenters. The van der Waals surface area contributed by atoms with Crippen LogP contribution in [0.2, 0.25) is 0 Å². The van der Waals surface area contributed by atoms with E-state index in [9.17, 15) is 9.18 Å². The van der Waals surface area contributed by atoms with Crippen molar-refractivity contribution in [3.63, 3.8) is 0 Å². The predicted octanol–water partition coefficient (Wildman–Crippen LogP) is 3.39. The molecule has 0 saturated carbocycles. The molecule has 0 aliphatic heterocycles. The van der Waals surface area contributed by atoms with Crippen molar-refractivity contribution in [2.24, 2.45) is 0 Å². The van der Waals surface area contributed by atoms with Gasteiger partial charge in [-0.25, -0.2) is 4.39 Å². The second kappa shape index (κ2) is 4.78. The molecule has 0 radical (unpaired) electrons. The Balaban J connectivity index is 2.25. The van der Waals surface area contributed by atoms with Crippen LogP contribution in [0.15, 0.2) is 48.5 Å². The minimum absolute atomic E-state index is 0.237. The second-order valence-electron chi connectivity index (χ2n) is 3.75. The average Bonchev–Trinajstić information content (AvgIpc) is 2.35. The van der Waals surface area contributed by atoms with E-state index in [4.69, 9.17) is 0 Å². The summed E-state index contributed by atoms with van der Waals surface area (Å²) < 4.78 is 13.5. The highest BCUT2D eigenvalue weighted by molar-refractivity contribution is 6.04. The van der Waals surface area contributed by atoms with E-state index in [1.807, 2.05) is 6.07 Å². The van der Waals surface area contributed by atoms with E-state index in [-0.39, 0.29) is 11.6 Å². The number of hydrogen-bond acceptors (Lipinski definition) is 1. The van der Waals surface area contributed by atoms with Gasteiger partial charge in [0.05, 0.1) is 5.69 Å². The van der Waals surface area contributed by atoms with Crippen molar-refractivity contribution in [1.29, 1.82) is 0 Å². The van der Waals surface area contributed by atoms with Crippen LogP contribution in [-0.4, -0.2) is 5.91 Å². The lowest BCUT2D eigenvalue weighted by atomic mass is 10.1. The van der Waals surface area contributed by atoms with E-state index in [0.717, 1.165) is 0 Å². The van der Waals surface area contributed by atoms with Crippen LogP contribution in [-0.2, 0) is 0 Å². The van der Waals surface area contributed by atoms with Gasteiger partial charge < -0.3 is 5.32 Å². The smallest absolute Gasteiger partial charge is 0.255 e. The minimum atomic E-state index is -0.422. The van der Waals surface area contributed by atoms with Gasteiger partial charge in [0, 0.05) is 5.56 Å². The number of rotatable bonds is 2. The van der Waals surface area contributed by atoms with Crippen LogP contribution in [0, 0.1) is 12.7 Å². The number of anilines is 1. The number of halogens is 1. The first kappa shape index (κ1) is 11.3. The molecule has 2 aromatic rings. The maximum absolute atomic E-state index is 13.5. The first-order chi connectivity index (χ1) is 8.18. The molecule has 2 rings (SSSR count). The third-order valence-corrected chi connectivity index (χ3v) is 2.50. The summed E-state index contributed by atoms with van der Waals surface area (Å²) in [6.07, 6.45) is 0. The van der Waals surface area contributed by atoms with Crippen molar-refractivity contribution < 1.29 is 9.18 Å². The van der Waals surface area contributed by atoms with Gasteiger partial charge in [-0.2, -0.15) is 0 Å². The Kier molecular flexibility index (Phi) is 3.19. The Bertz CT molecular complexity index is 517. The lowest BCUT2D eigenvalue weighted by molar-refractivity contribution is 0.102. The summed E-state index contributed by atoms with van der Waals surface area (Å²) in [7, 11) is 0. The number of carbonyl (C=O) groups excluding carboxylic acids is 1. The SMILES string of the molecule is Cc1cccc(F)c1NC(=O)c1ccccc1. The third-order valence-electron chi connectivity index (χ3n) is 2.50. The molecule has 2 aromatic carbocycles. The first-order valence-electron chi connectivity index (χ1n) is 5.30. The largest absolute Gasteiger partial charge is 0.319 e. The number of amides is 1. The Labute approximate surface area is 99.1 Å². The van der Waals surface area contributed by atoms with Crippen molar-refractivity contribution in [3.8, 4) is 0 Å². The van der Waals surface area contributed by atoms with E-state index in [1.54, 1.807) is 43.3 Å². The predicted molar refractivity (Wildman–Crippen MR) is 65.5 cm³/mol. The van der Waals surface area contributed by atoms with Gasteiger partial charge in [0.2, 0.25) is 0 Å². The number of hydrogen-bond donors (Lipinski definition) is 1. The van der Waals surface area contributed by atoms with Crippen LogP contribution in [0.5, 0.6) is 0 Å². The molecular formula is C14H12FNO. The number of para-hydroxylation sites is 1. The summed E-state index contributed by atoms with van der Waals surface area (Å²) in [5.41, 5.74) is 1.45. The summed E-state index contributed by atoms with van der Waals surface area (Å²) in [6, 6.07) is 13.4. The van der Waals surface area contributed by atoms with E-state index < -0.39 is 5.82 Å². The number of nitrogens with one attached hydrogen (secondary N) is 1. The fourth-order valence-electron chi connectivity index (χ4n) is 1.57. The molecule has 2 nitrogen and oxygen atoms in total. The van der Waals surface area contributed by atoms with Crippen LogP contribution in [0.1, 0.15) is 15.9 Å². The summed E-state index contributed by atoms with van der Waals surface area (Å²) in [5.74, 6) is -0.729. The van der Waals surface area contributed by atoms with Crippen LogP contribution in [0.3, 0.4) is 0 Å². The van der Waals surface area contributed by atoms with Crippen molar-refractivity contribution in [2.45, 2.75) is 6.92 Å². The number of benzene rings is 2. The molecule has 0 fully saturated rings. The average molecular weight is 229 g/mol. The lowest BCUT2D eigenvalue weighted by Gasteiger charge is -2.09. The lowest BCUT2D eigenvalue weighted by Crippen LogP contribution is -2.13. The van der Waals surface area contributed by atoms with Gasteiger partial charge in [-0.1, -0.05) is 30.3 Å². The van der Waals surface area contributed by atoms with E-state index >= 15 is 0 Å². The van der Waals surface area contributed by atoms with E-state index in [1.165, 1.54) is 6.07 Å². The monoisotopic (exact) mass is 229 g/mol. The molecule has 0 saturated heterocycles. The zero-order valence-corrected chi connectivity index (χ0v) is 9.41. The highest BCUT2D eigenvalue weighted by atomic mass is 19.1. The molecule has 1 amide bonds. The summed E-state index contributed by atoms with van der Waals surface area (Å²) in [5, 5.41) is 2.58. The fourth-order valence-corrected chi connectivity index (χ4v) is 1.57. The Hall–Kier alpha value is -2.16. The van der Waals surface area contributed by atoms with Gasteiger partial charge in [0.25, 0.3) is 5.91 Å². The molecule has 0 bridgehead atoms. The van der Waals surface area contributed by atoms with Crippen molar-refractivity contribution in [2.75, 3.05) is 5.32 Å². The van der Waals surface area contributed by atoms with Gasteiger partial charge >= 0.3 is 0 Å². The van der Waals surface area contributed by atoms with E-state index in [2.05, 4.69) is 5.32 Å². The first-order valence-corrected chi connectivity index (χ1v) is 5.30. The molecule has 0 unspecified atom stereocenters. The van der Waals surface area contributed by atoms with Crippen LogP contribution in [0.25, 0.3) is 0 Å². The normalized spacial score (nSPS) is 10.0. The van der Waals surface area contributed by atoms with Crippen molar-refractivity contribution in [3.05, 3.63) is 65.5 Å². The number of carbonyl (C=O) groups is 1.